The first-order valence-electron chi connectivity index (χ1n) is 7.32. The smallest absolute Gasteiger partial charge is 0.288 e. The van der Waals surface area contributed by atoms with Crippen molar-refractivity contribution in [2.75, 3.05) is 0 Å². The first kappa shape index (κ1) is 17.3. The fraction of sp³-hybridized carbons (Fsp3) is 0. The van der Waals surface area contributed by atoms with Crippen molar-refractivity contribution in [3.8, 4) is 11.3 Å². The monoisotopic (exact) mass is 370 g/mol. The van der Waals surface area contributed by atoms with E-state index in [1.807, 2.05) is 0 Å². The third-order valence-corrected chi connectivity index (χ3v) is 3.67. The van der Waals surface area contributed by atoms with Crippen LogP contribution >= 0.6 is 11.6 Å². The number of hydrazone groups is 1. The number of nitro benzene ring substituents is 1. The second-order valence-corrected chi connectivity index (χ2v) is 5.47. The summed E-state index contributed by atoms with van der Waals surface area (Å²) < 4.78 is 5.56. The van der Waals surface area contributed by atoms with E-state index in [-0.39, 0.29) is 16.6 Å². The zero-order valence-electron chi connectivity index (χ0n) is 13.1. The number of halogens is 1. The van der Waals surface area contributed by atoms with E-state index in [0.717, 1.165) is 0 Å². The third-order valence-electron chi connectivity index (χ3n) is 3.35. The maximum atomic E-state index is 11.8. The molecule has 2 aromatic heterocycles. The molecule has 0 fully saturated rings. The van der Waals surface area contributed by atoms with Crippen molar-refractivity contribution < 1.29 is 14.1 Å². The number of rotatable bonds is 5. The Kier molecular flexibility index (Phi) is 5.04. The summed E-state index contributed by atoms with van der Waals surface area (Å²) in [4.78, 5) is 26.1. The lowest BCUT2D eigenvalue weighted by molar-refractivity contribution is -0.384. The van der Waals surface area contributed by atoms with Gasteiger partial charge in [0.05, 0.1) is 11.1 Å². The maximum Gasteiger partial charge on any atom is 0.288 e. The Labute approximate surface area is 152 Å². The fourth-order valence-electron chi connectivity index (χ4n) is 2.11. The second kappa shape index (κ2) is 7.58. The Morgan fingerprint density at radius 3 is 2.73 bits per heavy atom. The summed E-state index contributed by atoms with van der Waals surface area (Å²) in [6.07, 6.45) is 4.33. The first-order valence-corrected chi connectivity index (χ1v) is 7.70. The molecule has 0 radical (unpaired) electrons. The number of nitrogens with zero attached hydrogens (tertiary/aromatic N) is 3. The van der Waals surface area contributed by atoms with Crippen LogP contribution in [-0.4, -0.2) is 22.0 Å². The summed E-state index contributed by atoms with van der Waals surface area (Å²) in [7, 11) is 0. The SMILES string of the molecule is O=C(NN=Cc1ccc(-c2ccc(Cl)c([N+](=O)[O-])c2)o1)c1ccncc1. The van der Waals surface area contributed by atoms with Crippen LogP contribution in [-0.2, 0) is 0 Å². The number of hydrogen-bond donors (Lipinski definition) is 1. The van der Waals surface area contributed by atoms with Crippen molar-refractivity contribution >= 4 is 29.4 Å². The topological polar surface area (TPSA) is 111 Å². The lowest BCUT2D eigenvalue weighted by Crippen LogP contribution is -2.17. The molecule has 2 heterocycles. The molecule has 0 unspecified atom stereocenters. The van der Waals surface area contributed by atoms with Gasteiger partial charge in [0.25, 0.3) is 11.6 Å². The Morgan fingerprint density at radius 1 is 1.23 bits per heavy atom. The molecule has 1 amide bonds. The van der Waals surface area contributed by atoms with Crippen LogP contribution in [0.5, 0.6) is 0 Å². The van der Waals surface area contributed by atoms with Gasteiger partial charge in [0, 0.05) is 29.6 Å². The molecule has 130 valence electrons. The largest absolute Gasteiger partial charge is 0.455 e. The van der Waals surface area contributed by atoms with E-state index in [4.69, 9.17) is 16.0 Å². The molecule has 0 atom stereocenters. The van der Waals surface area contributed by atoms with E-state index < -0.39 is 4.92 Å². The molecule has 0 aliphatic heterocycles. The predicted molar refractivity (Wildman–Crippen MR) is 95.1 cm³/mol. The highest BCUT2D eigenvalue weighted by atomic mass is 35.5. The summed E-state index contributed by atoms with van der Waals surface area (Å²) >= 11 is 5.80. The van der Waals surface area contributed by atoms with E-state index in [1.54, 1.807) is 30.3 Å². The van der Waals surface area contributed by atoms with Gasteiger partial charge in [-0.05, 0) is 36.4 Å². The number of pyridine rings is 1. The molecule has 8 nitrogen and oxygen atoms in total. The molecule has 3 rings (SSSR count). The van der Waals surface area contributed by atoms with Crippen molar-refractivity contribution in [3.05, 3.63) is 81.3 Å². The summed E-state index contributed by atoms with van der Waals surface area (Å²) in [5.74, 6) is 0.392. The van der Waals surface area contributed by atoms with Crippen LogP contribution in [0.1, 0.15) is 16.1 Å². The molecular formula is C17H11ClN4O4. The number of carbonyl (C=O) groups is 1. The standard InChI is InChI=1S/C17H11ClN4O4/c18-14-3-1-12(9-15(14)22(24)25)16-4-2-13(26-16)10-20-21-17(23)11-5-7-19-8-6-11/h1-10H,(H,21,23). The van der Waals surface area contributed by atoms with Gasteiger partial charge in [0.2, 0.25) is 0 Å². The minimum Gasteiger partial charge on any atom is -0.455 e. The maximum absolute atomic E-state index is 11.8. The van der Waals surface area contributed by atoms with Gasteiger partial charge in [-0.3, -0.25) is 19.9 Å². The van der Waals surface area contributed by atoms with Gasteiger partial charge >= 0.3 is 0 Å². The van der Waals surface area contributed by atoms with Gasteiger partial charge in [-0.25, -0.2) is 5.43 Å². The Balaban J connectivity index is 1.71. The van der Waals surface area contributed by atoms with Gasteiger partial charge in [-0.15, -0.1) is 0 Å². The first-order chi connectivity index (χ1) is 12.5. The van der Waals surface area contributed by atoms with E-state index in [1.165, 1.54) is 30.7 Å². The van der Waals surface area contributed by atoms with E-state index in [2.05, 4.69) is 15.5 Å². The minimum atomic E-state index is -0.564. The molecule has 0 saturated heterocycles. The number of nitro groups is 1. The highest BCUT2D eigenvalue weighted by Gasteiger charge is 2.15. The molecule has 0 spiro atoms. The number of nitrogens with one attached hydrogen (secondary N) is 1. The summed E-state index contributed by atoms with van der Waals surface area (Å²) in [6, 6.07) is 10.7. The third kappa shape index (κ3) is 3.93. The summed E-state index contributed by atoms with van der Waals surface area (Å²) in [5.41, 5.74) is 3.08. The van der Waals surface area contributed by atoms with E-state index in [0.29, 0.717) is 22.6 Å². The lowest BCUT2D eigenvalue weighted by atomic mass is 10.1. The van der Waals surface area contributed by atoms with Crippen LogP contribution < -0.4 is 5.43 Å². The summed E-state index contributed by atoms with van der Waals surface area (Å²) in [6.45, 7) is 0. The molecule has 1 aromatic carbocycles. The Morgan fingerprint density at radius 2 is 2.00 bits per heavy atom. The van der Waals surface area contributed by atoms with Crippen molar-refractivity contribution in [1.82, 2.24) is 10.4 Å². The van der Waals surface area contributed by atoms with Crippen molar-refractivity contribution in [3.63, 3.8) is 0 Å². The molecule has 1 N–H and O–H groups in total. The van der Waals surface area contributed by atoms with Crippen molar-refractivity contribution in [1.29, 1.82) is 0 Å². The number of carbonyl (C=O) groups excluding carboxylic acids is 1. The fourth-order valence-corrected chi connectivity index (χ4v) is 2.29. The molecule has 26 heavy (non-hydrogen) atoms. The minimum absolute atomic E-state index is 0.0471. The van der Waals surface area contributed by atoms with Crippen LogP contribution in [0.4, 0.5) is 5.69 Å². The van der Waals surface area contributed by atoms with Crippen LogP contribution in [0.15, 0.2) is 64.4 Å². The predicted octanol–water partition coefficient (Wildman–Crippen LogP) is 3.67. The highest BCUT2D eigenvalue weighted by molar-refractivity contribution is 6.32. The molecule has 0 bridgehead atoms. The number of aromatic nitrogens is 1. The van der Waals surface area contributed by atoms with Gasteiger partial charge in [0.15, 0.2) is 0 Å². The molecule has 9 heteroatoms. The normalized spacial score (nSPS) is 10.8. The van der Waals surface area contributed by atoms with Gasteiger partial charge in [0.1, 0.15) is 16.5 Å². The zero-order valence-corrected chi connectivity index (χ0v) is 13.9. The van der Waals surface area contributed by atoms with Crippen molar-refractivity contribution in [2.45, 2.75) is 0 Å². The average molecular weight is 371 g/mol. The van der Waals surface area contributed by atoms with Gasteiger partial charge < -0.3 is 4.42 Å². The zero-order chi connectivity index (χ0) is 18.5. The molecule has 0 aliphatic carbocycles. The number of hydrogen-bond acceptors (Lipinski definition) is 6. The number of benzene rings is 1. The molecule has 0 aliphatic rings. The van der Waals surface area contributed by atoms with Crippen molar-refractivity contribution in [2.24, 2.45) is 5.10 Å². The Hall–Kier alpha value is -3.52. The lowest BCUT2D eigenvalue weighted by Gasteiger charge is -1.99. The van der Waals surface area contributed by atoms with Crippen LogP contribution in [0.2, 0.25) is 5.02 Å². The van der Waals surface area contributed by atoms with Gasteiger partial charge in [-0.2, -0.15) is 5.10 Å². The van der Waals surface area contributed by atoms with E-state index in [9.17, 15) is 14.9 Å². The highest BCUT2D eigenvalue weighted by Crippen LogP contribution is 2.30. The average Bonchev–Trinajstić information content (AvgIpc) is 3.11. The summed E-state index contributed by atoms with van der Waals surface area (Å²) in [5, 5.41) is 14.8. The van der Waals surface area contributed by atoms with Crippen LogP contribution in [0.3, 0.4) is 0 Å². The van der Waals surface area contributed by atoms with E-state index >= 15 is 0 Å². The molecule has 3 aromatic rings. The molecular weight excluding hydrogens is 360 g/mol. The number of furan rings is 1. The molecule has 0 saturated carbocycles. The van der Waals surface area contributed by atoms with Gasteiger partial charge in [-0.1, -0.05) is 11.6 Å². The van der Waals surface area contributed by atoms with Crippen LogP contribution in [0, 0.1) is 10.1 Å². The second-order valence-electron chi connectivity index (χ2n) is 5.06. The quantitative estimate of drug-likeness (QED) is 0.418. The van der Waals surface area contributed by atoms with Crippen LogP contribution in [0.25, 0.3) is 11.3 Å². The number of amides is 1. The Bertz CT molecular complexity index is 985.